The second-order valence-corrected chi connectivity index (χ2v) is 5.72. The fraction of sp³-hybridized carbons (Fsp3) is 0.929. The van der Waals surface area contributed by atoms with Crippen molar-refractivity contribution in [2.45, 2.75) is 38.6 Å². The molecule has 0 aromatic carbocycles. The molecule has 0 aromatic rings. The molecule has 4 heteroatoms. The van der Waals surface area contributed by atoms with Crippen LogP contribution < -0.4 is 5.32 Å². The van der Waals surface area contributed by atoms with E-state index in [-0.39, 0.29) is 11.9 Å². The number of amides is 1. The molecule has 0 spiro atoms. The summed E-state index contributed by atoms with van der Waals surface area (Å²) in [7, 11) is 6.06. The van der Waals surface area contributed by atoms with Gasteiger partial charge in [-0.15, -0.1) is 0 Å². The Balaban J connectivity index is 2.33. The topological polar surface area (TPSA) is 35.6 Å². The van der Waals surface area contributed by atoms with Gasteiger partial charge in [0.1, 0.15) is 0 Å². The Morgan fingerprint density at radius 3 is 2.61 bits per heavy atom. The minimum absolute atomic E-state index is 0.0491. The van der Waals surface area contributed by atoms with E-state index < -0.39 is 0 Å². The van der Waals surface area contributed by atoms with Crippen molar-refractivity contribution in [2.24, 2.45) is 5.92 Å². The van der Waals surface area contributed by atoms with E-state index in [9.17, 15) is 4.79 Å². The van der Waals surface area contributed by atoms with Crippen LogP contribution >= 0.6 is 0 Å². The zero-order chi connectivity index (χ0) is 13.5. The molecule has 2 atom stereocenters. The number of piperidine rings is 1. The molecule has 1 heterocycles. The van der Waals surface area contributed by atoms with Gasteiger partial charge in [0.25, 0.3) is 0 Å². The highest BCUT2D eigenvalue weighted by molar-refractivity contribution is 5.81. The summed E-state index contributed by atoms with van der Waals surface area (Å²) in [5.41, 5.74) is 0. The van der Waals surface area contributed by atoms with Crippen molar-refractivity contribution in [3.63, 3.8) is 0 Å². The molecule has 0 bridgehead atoms. The van der Waals surface area contributed by atoms with Crippen LogP contribution in [0.4, 0.5) is 0 Å². The number of rotatable bonds is 6. The molecule has 0 aromatic heterocycles. The first-order chi connectivity index (χ1) is 8.54. The maximum absolute atomic E-state index is 12.3. The van der Waals surface area contributed by atoms with E-state index in [0.717, 1.165) is 38.4 Å². The van der Waals surface area contributed by atoms with Gasteiger partial charge in [-0.2, -0.15) is 0 Å². The lowest BCUT2D eigenvalue weighted by molar-refractivity contribution is -0.133. The Morgan fingerprint density at radius 1 is 1.28 bits per heavy atom. The Labute approximate surface area is 112 Å². The normalized spacial score (nSPS) is 24.3. The molecular weight excluding hydrogens is 226 g/mol. The molecule has 0 saturated carbocycles. The molecule has 1 fully saturated rings. The highest BCUT2D eigenvalue weighted by atomic mass is 16.2. The van der Waals surface area contributed by atoms with Gasteiger partial charge in [0.15, 0.2) is 0 Å². The highest BCUT2D eigenvalue weighted by Gasteiger charge is 2.27. The van der Waals surface area contributed by atoms with E-state index >= 15 is 0 Å². The first-order valence-corrected chi connectivity index (χ1v) is 7.17. The van der Waals surface area contributed by atoms with E-state index in [1.54, 1.807) is 0 Å². The molecule has 1 N–H and O–H groups in total. The summed E-state index contributed by atoms with van der Waals surface area (Å²) in [6.45, 7) is 5.10. The zero-order valence-corrected chi connectivity index (χ0v) is 12.4. The van der Waals surface area contributed by atoms with E-state index in [2.05, 4.69) is 31.2 Å². The van der Waals surface area contributed by atoms with Crippen molar-refractivity contribution in [3.8, 4) is 0 Å². The second-order valence-electron chi connectivity index (χ2n) is 5.72. The molecule has 4 nitrogen and oxygen atoms in total. The molecule has 1 rings (SSSR count). The second kappa shape index (κ2) is 7.74. The van der Waals surface area contributed by atoms with Crippen molar-refractivity contribution in [2.75, 3.05) is 40.8 Å². The van der Waals surface area contributed by atoms with Gasteiger partial charge in [-0.3, -0.25) is 4.79 Å². The predicted octanol–water partition coefficient (Wildman–Crippen LogP) is 1.17. The quantitative estimate of drug-likeness (QED) is 0.774. The van der Waals surface area contributed by atoms with Crippen LogP contribution in [0.15, 0.2) is 0 Å². The van der Waals surface area contributed by atoms with E-state index in [1.165, 1.54) is 12.8 Å². The van der Waals surface area contributed by atoms with Crippen LogP contribution in [0.25, 0.3) is 0 Å². The Morgan fingerprint density at radius 2 is 2.00 bits per heavy atom. The molecule has 0 radical (unpaired) electrons. The largest absolute Gasteiger partial charge is 0.344 e. The number of hydrogen-bond acceptors (Lipinski definition) is 3. The van der Waals surface area contributed by atoms with Gasteiger partial charge in [-0.25, -0.2) is 0 Å². The number of carbonyl (C=O) groups excluding carboxylic acids is 1. The van der Waals surface area contributed by atoms with Crippen molar-refractivity contribution < 1.29 is 4.79 Å². The Bertz CT molecular complexity index is 255. The molecule has 1 amide bonds. The Hall–Kier alpha value is -0.610. The fourth-order valence-corrected chi connectivity index (χ4v) is 2.56. The summed E-state index contributed by atoms with van der Waals surface area (Å²) in [6.07, 6.45) is 4.45. The van der Waals surface area contributed by atoms with Crippen LogP contribution in [0.3, 0.4) is 0 Å². The van der Waals surface area contributed by atoms with Crippen molar-refractivity contribution in [3.05, 3.63) is 0 Å². The van der Waals surface area contributed by atoms with Crippen LogP contribution in [-0.4, -0.2) is 62.5 Å². The molecule has 1 aliphatic rings. The highest BCUT2D eigenvalue weighted by Crippen LogP contribution is 2.20. The Kier molecular flexibility index (Phi) is 6.65. The zero-order valence-electron chi connectivity index (χ0n) is 12.4. The van der Waals surface area contributed by atoms with Crippen molar-refractivity contribution in [1.82, 2.24) is 15.1 Å². The van der Waals surface area contributed by atoms with Crippen LogP contribution in [-0.2, 0) is 4.79 Å². The smallest absolute Gasteiger partial charge is 0.239 e. The van der Waals surface area contributed by atoms with Crippen LogP contribution in [0.1, 0.15) is 32.6 Å². The lowest BCUT2D eigenvalue weighted by Gasteiger charge is -2.31. The number of hydrogen-bond donors (Lipinski definition) is 1. The third-order valence-electron chi connectivity index (χ3n) is 3.86. The van der Waals surface area contributed by atoms with E-state index in [1.807, 2.05) is 11.9 Å². The van der Waals surface area contributed by atoms with E-state index in [0.29, 0.717) is 0 Å². The molecule has 106 valence electrons. The molecule has 1 aliphatic heterocycles. The lowest BCUT2D eigenvalue weighted by atomic mass is 9.90. The van der Waals surface area contributed by atoms with Gasteiger partial charge in [-0.05, 0) is 52.4 Å². The summed E-state index contributed by atoms with van der Waals surface area (Å²) in [4.78, 5) is 16.3. The van der Waals surface area contributed by atoms with Crippen molar-refractivity contribution >= 4 is 5.91 Å². The summed E-state index contributed by atoms with van der Waals surface area (Å²) < 4.78 is 0. The fourth-order valence-electron chi connectivity index (χ4n) is 2.56. The average Bonchev–Trinajstić information content (AvgIpc) is 2.37. The third-order valence-corrected chi connectivity index (χ3v) is 3.86. The van der Waals surface area contributed by atoms with Gasteiger partial charge >= 0.3 is 0 Å². The molecule has 0 aliphatic carbocycles. The molecule has 1 saturated heterocycles. The van der Waals surface area contributed by atoms with Crippen molar-refractivity contribution in [1.29, 1.82) is 0 Å². The minimum Gasteiger partial charge on any atom is -0.344 e. The molecular formula is C14H29N3O. The first-order valence-electron chi connectivity index (χ1n) is 7.17. The monoisotopic (exact) mass is 255 g/mol. The van der Waals surface area contributed by atoms with Gasteiger partial charge in [0, 0.05) is 13.6 Å². The number of likely N-dealkylation sites (N-methyl/N-ethyl adjacent to an activating group) is 1. The lowest BCUT2D eigenvalue weighted by Crippen LogP contribution is -2.49. The SMILES string of the molecule is CCC1CCNC(C(=O)N(C)CCCN(C)C)C1. The van der Waals surface area contributed by atoms with E-state index in [4.69, 9.17) is 0 Å². The average molecular weight is 255 g/mol. The minimum atomic E-state index is 0.0491. The maximum atomic E-state index is 12.3. The first kappa shape index (κ1) is 15.4. The van der Waals surface area contributed by atoms with Gasteiger partial charge in [-0.1, -0.05) is 13.3 Å². The summed E-state index contributed by atoms with van der Waals surface area (Å²) in [5.74, 6) is 0.988. The van der Waals surface area contributed by atoms with Gasteiger partial charge in [0.05, 0.1) is 6.04 Å². The standard InChI is InChI=1S/C14H29N3O/c1-5-12-7-8-15-13(11-12)14(18)17(4)10-6-9-16(2)3/h12-13,15H,5-11H2,1-4H3. The number of nitrogens with one attached hydrogen (secondary N) is 1. The van der Waals surface area contributed by atoms with Crippen LogP contribution in [0.2, 0.25) is 0 Å². The van der Waals surface area contributed by atoms with Gasteiger partial charge < -0.3 is 15.1 Å². The maximum Gasteiger partial charge on any atom is 0.239 e. The molecule has 2 unspecified atom stereocenters. The van der Waals surface area contributed by atoms with Crippen LogP contribution in [0.5, 0.6) is 0 Å². The third kappa shape index (κ3) is 4.94. The summed E-state index contributed by atoms with van der Waals surface area (Å²) >= 11 is 0. The van der Waals surface area contributed by atoms with Crippen LogP contribution in [0, 0.1) is 5.92 Å². The predicted molar refractivity (Wildman–Crippen MR) is 75.6 cm³/mol. The number of nitrogens with zero attached hydrogens (tertiary/aromatic N) is 2. The summed E-state index contributed by atoms with van der Waals surface area (Å²) in [6, 6.07) is 0.0491. The molecule has 18 heavy (non-hydrogen) atoms. The summed E-state index contributed by atoms with van der Waals surface area (Å²) in [5, 5.41) is 3.36. The van der Waals surface area contributed by atoms with Gasteiger partial charge in [0.2, 0.25) is 5.91 Å². The number of carbonyl (C=O) groups is 1.